The molecule has 1 heterocycles. The second-order valence-corrected chi connectivity index (χ2v) is 7.29. The average Bonchev–Trinajstić information content (AvgIpc) is 3.17. The highest BCUT2D eigenvalue weighted by Crippen LogP contribution is 2.23. The Labute approximate surface area is 163 Å². The molecule has 1 N–H and O–H groups in total. The van der Waals surface area contributed by atoms with Crippen molar-refractivity contribution in [3.8, 4) is 5.75 Å². The van der Waals surface area contributed by atoms with Crippen LogP contribution in [0.1, 0.15) is 11.1 Å². The zero-order valence-electron chi connectivity index (χ0n) is 15.3. The van der Waals surface area contributed by atoms with Gasteiger partial charge in [0.2, 0.25) is 11.8 Å². The van der Waals surface area contributed by atoms with Crippen molar-refractivity contribution in [3.05, 3.63) is 65.7 Å². The number of amides is 2. The van der Waals surface area contributed by atoms with Crippen molar-refractivity contribution in [1.82, 2.24) is 4.90 Å². The molecular formula is C21H22N2O3S. The molecule has 2 aromatic rings. The largest absolute Gasteiger partial charge is 0.497 e. The van der Waals surface area contributed by atoms with E-state index in [1.54, 1.807) is 54.1 Å². The van der Waals surface area contributed by atoms with Gasteiger partial charge in [-0.1, -0.05) is 29.8 Å². The first-order chi connectivity index (χ1) is 13.1. The van der Waals surface area contributed by atoms with Crippen LogP contribution < -0.4 is 10.1 Å². The standard InChI is InChI=1S/C21H22N2O3S/c1-15-4-3-5-16(12-15)6-11-20(24)23-14-27-13-19(23)21(25)22-17-7-9-18(26-2)10-8-17/h3-12,19H,13-14H2,1-2H3,(H,22,25)/b11-6+. The number of hydrogen-bond donors (Lipinski definition) is 1. The van der Waals surface area contributed by atoms with Gasteiger partial charge >= 0.3 is 0 Å². The monoisotopic (exact) mass is 382 g/mol. The number of ether oxygens (including phenoxy) is 1. The van der Waals surface area contributed by atoms with Crippen molar-refractivity contribution in [3.63, 3.8) is 0 Å². The van der Waals surface area contributed by atoms with E-state index in [0.717, 1.165) is 16.9 Å². The van der Waals surface area contributed by atoms with Gasteiger partial charge in [0.05, 0.1) is 13.0 Å². The van der Waals surface area contributed by atoms with Gasteiger partial charge in [-0.05, 0) is 42.8 Å². The molecule has 1 atom stereocenters. The molecule has 0 saturated carbocycles. The van der Waals surface area contributed by atoms with E-state index in [1.165, 1.54) is 6.08 Å². The molecule has 0 spiro atoms. The van der Waals surface area contributed by atoms with Crippen LogP contribution in [0.3, 0.4) is 0 Å². The van der Waals surface area contributed by atoms with Gasteiger partial charge in [-0.15, -0.1) is 11.8 Å². The van der Waals surface area contributed by atoms with Gasteiger partial charge in [0, 0.05) is 17.5 Å². The number of aryl methyl sites for hydroxylation is 1. The lowest BCUT2D eigenvalue weighted by atomic mass is 10.1. The lowest BCUT2D eigenvalue weighted by molar-refractivity contribution is -0.132. The van der Waals surface area contributed by atoms with E-state index in [-0.39, 0.29) is 11.8 Å². The van der Waals surface area contributed by atoms with Crippen molar-refractivity contribution in [2.75, 3.05) is 24.1 Å². The zero-order chi connectivity index (χ0) is 19.2. The van der Waals surface area contributed by atoms with E-state index < -0.39 is 6.04 Å². The van der Waals surface area contributed by atoms with Crippen LogP contribution >= 0.6 is 11.8 Å². The van der Waals surface area contributed by atoms with E-state index in [0.29, 0.717) is 17.3 Å². The lowest BCUT2D eigenvalue weighted by Gasteiger charge is -2.21. The van der Waals surface area contributed by atoms with Crippen LogP contribution in [0.4, 0.5) is 5.69 Å². The predicted octanol–water partition coefficient (Wildman–Crippen LogP) is 3.56. The quantitative estimate of drug-likeness (QED) is 0.804. The number of anilines is 1. The number of thioether (sulfide) groups is 1. The average molecular weight is 382 g/mol. The van der Waals surface area contributed by atoms with Crippen LogP contribution in [-0.4, -0.2) is 41.5 Å². The maximum absolute atomic E-state index is 12.6. The Hall–Kier alpha value is -2.73. The molecule has 3 rings (SSSR count). The van der Waals surface area contributed by atoms with Gasteiger partial charge in [-0.2, -0.15) is 0 Å². The minimum absolute atomic E-state index is 0.156. The van der Waals surface area contributed by atoms with E-state index in [9.17, 15) is 9.59 Å². The van der Waals surface area contributed by atoms with Gasteiger partial charge in [0.1, 0.15) is 11.8 Å². The fraction of sp³-hybridized carbons (Fsp3) is 0.238. The molecule has 0 aromatic heterocycles. The Balaban J connectivity index is 1.64. The second-order valence-electron chi connectivity index (χ2n) is 6.29. The highest BCUT2D eigenvalue weighted by atomic mass is 32.2. The van der Waals surface area contributed by atoms with Crippen LogP contribution in [0.15, 0.2) is 54.6 Å². The maximum atomic E-state index is 12.6. The van der Waals surface area contributed by atoms with Crippen molar-refractivity contribution < 1.29 is 14.3 Å². The van der Waals surface area contributed by atoms with Gasteiger partial charge in [-0.25, -0.2) is 0 Å². The first kappa shape index (κ1) is 19.0. The minimum Gasteiger partial charge on any atom is -0.497 e. The van der Waals surface area contributed by atoms with E-state index in [1.807, 2.05) is 31.2 Å². The van der Waals surface area contributed by atoms with E-state index in [4.69, 9.17) is 4.74 Å². The van der Waals surface area contributed by atoms with Crippen LogP contribution in [0.25, 0.3) is 6.08 Å². The molecule has 1 fully saturated rings. The molecule has 6 heteroatoms. The molecule has 0 radical (unpaired) electrons. The Morgan fingerprint density at radius 3 is 2.70 bits per heavy atom. The zero-order valence-corrected chi connectivity index (χ0v) is 16.2. The number of carbonyl (C=O) groups excluding carboxylic acids is 2. The molecule has 0 aliphatic carbocycles. The van der Waals surface area contributed by atoms with E-state index in [2.05, 4.69) is 5.32 Å². The summed E-state index contributed by atoms with van der Waals surface area (Å²) < 4.78 is 5.12. The van der Waals surface area contributed by atoms with Gasteiger partial charge in [-0.3, -0.25) is 9.59 Å². The number of carbonyl (C=O) groups is 2. The molecule has 27 heavy (non-hydrogen) atoms. The molecule has 0 bridgehead atoms. The first-order valence-corrected chi connectivity index (χ1v) is 9.80. The molecule has 1 aliphatic rings. The summed E-state index contributed by atoms with van der Waals surface area (Å²) in [6.07, 6.45) is 3.32. The molecular weight excluding hydrogens is 360 g/mol. The number of hydrogen-bond acceptors (Lipinski definition) is 4. The topological polar surface area (TPSA) is 58.6 Å². The Morgan fingerprint density at radius 1 is 1.22 bits per heavy atom. The Kier molecular flexibility index (Phi) is 6.19. The highest BCUT2D eigenvalue weighted by molar-refractivity contribution is 7.99. The number of methoxy groups -OCH3 is 1. The maximum Gasteiger partial charge on any atom is 0.248 e. The smallest absolute Gasteiger partial charge is 0.248 e. The van der Waals surface area contributed by atoms with Crippen molar-refractivity contribution in [2.24, 2.45) is 0 Å². The second kappa shape index (κ2) is 8.77. The van der Waals surface area contributed by atoms with Crippen molar-refractivity contribution in [2.45, 2.75) is 13.0 Å². The Bertz CT molecular complexity index is 849. The molecule has 5 nitrogen and oxygen atoms in total. The molecule has 2 aromatic carbocycles. The van der Waals surface area contributed by atoms with Crippen molar-refractivity contribution in [1.29, 1.82) is 0 Å². The summed E-state index contributed by atoms with van der Waals surface area (Å²) in [6, 6.07) is 14.6. The predicted molar refractivity (Wildman–Crippen MR) is 110 cm³/mol. The molecule has 1 aliphatic heterocycles. The fourth-order valence-corrected chi connectivity index (χ4v) is 3.98. The van der Waals surface area contributed by atoms with Crippen LogP contribution in [0.5, 0.6) is 5.75 Å². The third-order valence-corrected chi connectivity index (χ3v) is 5.30. The number of nitrogens with one attached hydrogen (secondary N) is 1. The van der Waals surface area contributed by atoms with Crippen LogP contribution in [-0.2, 0) is 9.59 Å². The van der Waals surface area contributed by atoms with Gasteiger partial charge in [0.25, 0.3) is 0 Å². The minimum atomic E-state index is -0.480. The normalized spacial score (nSPS) is 16.5. The molecule has 2 amide bonds. The lowest BCUT2D eigenvalue weighted by Crippen LogP contribution is -2.43. The molecule has 1 saturated heterocycles. The number of rotatable bonds is 5. The van der Waals surface area contributed by atoms with Crippen LogP contribution in [0.2, 0.25) is 0 Å². The molecule has 140 valence electrons. The highest BCUT2D eigenvalue weighted by Gasteiger charge is 2.33. The number of nitrogens with zero attached hydrogens (tertiary/aromatic N) is 1. The summed E-state index contributed by atoms with van der Waals surface area (Å²) in [5.41, 5.74) is 2.79. The summed E-state index contributed by atoms with van der Waals surface area (Å²) in [7, 11) is 1.59. The van der Waals surface area contributed by atoms with Gasteiger partial charge in [0.15, 0.2) is 0 Å². The van der Waals surface area contributed by atoms with Crippen molar-refractivity contribution >= 4 is 35.3 Å². The SMILES string of the molecule is COc1ccc(NC(=O)C2CSCN2C(=O)/C=C/c2cccc(C)c2)cc1. The fourth-order valence-electron chi connectivity index (χ4n) is 2.81. The summed E-state index contributed by atoms with van der Waals surface area (Å²) in [5, 5.41) is 2.88. The molecule has 1 unspecified atom stereocenters. The summed E-state index contributed by atoms with van der Waals surface area (Å²) in [6.45, 7) is 2.01. The summed E-state index contributed by atoms with van der Waals surface area (Å²) >= 11 is 1.58. The third-order valence-electron chi connectivity index (χ3n) is 4.29. The third kappa shape index (κ3) is 4.92. The van der Waals surface area contributed by atoms with Crippen LogP contribution in [0, 0.1) is 6.92 Å². The number of benzene rings is 2. The Morgan fingerprint density at radius 2 is 2.00 bits per heavy atom. The van der Waals surface area contributed by atoms with Gasteiger partial charge < -0.3 is 15.0 Å². The summed E-state index contributed by atoms with van der Waals surface area (Å²) in [5.74, 6) is 1.49. The first-order valence-electron chi connectivity index (χ1n) is 8.65. The van der Waals surface area contributed by atoms with E-state index >= 15 is 0 Å². The summed E-state index contributed by atoms with van der Waals surface area (Å²) in [4.78, 5) is 26.8.